The van der Waals surface area contributed by atoms with E-state index >= 15 is 0 Å². The molecular weight excluding hydrogens is 384 g/mol. The Labute approximate surface area is 166 Å². The Morgan fingerprint density at radius 3 is 2.74 bits per heavy atom. The molecule has 0 atom stereocenters. The third-order valence-corrected chi connectivity index (χ3v) is 5.30. The molecule has 1 N–H and O–H groups in total. The van der Waals surface area contributed by atoms with Crippen molar-refractivity contribution in [2.45, 2.75) is 13.0 Å². The summed E-state index contributed by atoms with van der Waals surface area (Å²) in [5.74, 6) is 0.663. The van der Waals surface area contributed by atoms with Crippen LogP contribution in [0.5, 0.6) is 5.75 Å². The molecule has 0 radical (unpaired) electrons. The van der Waals surface area contributed by atoms with E-state index in [1.54, 1.807) is 25.3 Å². The molecular formula is C20H17ClN2O3S. The standard InChI is InChI=1S/C20H17ClN2O3S/c1-25-14-6-7-16-15-8-9-23(11-17(15)19(24)26-18(16)10-14)20(27)22-13-4-2-12(21)3-5-13/h2-7,10H,8-9,11H2,1H3,(H,22,27). The van der Waals surface area contributed by atoms with Gasteiger partial charge in [-0.3, -0.25) is 0 Å². The first-order chi connectivity index (χ1) is 13.0. The molecule has 0 saturated heterocycles. The molecule has 1 aliphatic heterocycles. The van der Waals surface area contributed by atoms with Crippen molar-refractivity contribution >= 4 is 45.6 Å². The van der Waals surface area contributed by atoms with Crippen LogP contribution in [0.3, 0.4) is 0 Å². The average molecular weight is 401 g/mol. The number of thiocarbonyl (C=S) groups is 1. The van der Waals surface area contributed by atoms with Crippen LogP contribution in [0.1, 0.15) is 11.1 Å². The summed E-state index contributed by atoms with van der Waals surface area (Å²) in [6.45, 7) is 1.13. The number of methoxy groups -OCH3 is 1. The zero-order chi connectivity index (χ0) is 19.0. The minimum atomic E-state index is -0.329. The topological polar surface area (TPSA) is 54.7 Å². The van der Waals surface area contributed by atoms with Gasteiger partial charge >= 0.3 is 5.63 Å². The number of hydrogen-bond acceptors (Lipinski definition) is 4. The molecule has 1 aromatic heterocycles. The second-order valence-corrected chi connectivity index (χ2v) is 7.14. The van der Waals surface area contributed by atoms with E-state index in [0.29, 0.717) is 40.0 Å². The van der Waals surface area contributed by atoms with Gasteiger partial charge < -0.3 is 19.4 Å². The number of nitrogens with one attached hydrogen (secondary N) is 1. The average Bonchev–Trinajstić information content (AvgIpc) is 2.69. The maximum absolute atomic E-state index is 12.5. The lowest BCUT2D eigenvalue weighted by molar-refractivity contribution is 0.386. The molecule has 0 spiro atoms. The predicted molar refractivity (Wildman–Crippen MR) is 111 cm³/mol. The van der Waals surface area contributed by atoms with Crippen LogP contribution in [0.4, 0.5) is 5.69 Å². The summed E-state index contributed by atoms with van der Waals surface area (Å²) in [6, 6.07) is 12.9. The Kier molecular flexibility index (Phi) is 4.76. The zero-order valence-corrected chi connectivity index (χ0v) is 16.2. The molecule has 4 rings (SSSR count). The van der Waals surface area contributed by atoms with Gasteiger partial charge in [-0.15, -0.1) is 0 Å². The summed E-state index contributed by atoms with van der Waals surface area (Å²) in [7, 11) is 1.59. The van der Waals surface area contributed by atoms with Gasteiger partial charge in [0.2, 0.25) is 0 Å². The first-order valence-electron chi connectivity index (χ1n) is 8.49. The maximum atomic E-state index is 12.5. The van der Waals surface area contributed by atoms with Gasteiger partial charge in [0.05, 0.1) is 19.2 Å². The number of fused-ring (bicyclic) bond motifs is 3. The summed E-state index contributed by atoms with van der Waals surface area (Å²) in [5.41, 5.74) is 2.75. The van der Waals surface area contributed by atoms with E-state index < -0.39 is 0 Å². The molecule has 3 aromatic rings. The Morgan fingerprint density at radius 1 is 1.22 bits per heavy atom. The highest BCUT2D eigenvalue weighted by Gasteiger charge is 2.24. The minimum absolute atomic E-state index is 0.329. The molecule has 1 aliphatic rings. The van der Waals surface area contributed by atoms with Crippen LogP contribution in [0, 0.1) is 0 Å². The fraction of sp³-hybridized carbons (Fsp3) is 0.200. The lowest BCUT2D eigenvalue weighted by Crippen LogP contribution is -2.40. The van der Waals surface area contributed by atoms with Crippen LogP contribution < -0.4 is 15.7 Å². The number of halogens is 1. The Bertz CT molecular complexity index is 1080. The van der Waals surface area contributed by atoms with Gasteiger partial charge in [0.15, 0.2) is 5.11 Å². The third kappa shape index (κ3) is 3.50. The van der Waals surface area contributed by atoms with Gasteiger partial charge in [0, 0.05) is 28.7 Å². The van der Waals surface area contributed by atoms with E-state index in [0.717, 1.165) is 23.2 Å². The predicted octanol–water partition coefficient (Wildman–Crippen LogP) is 4.21. The summed E-state index contributed by atoms with van der Waals surface area (Å²) in [4.78, 5) is 14.5. The number of rotatable bonds is 2. The maximum Gasteiger partial charge on any atom is 0.341 e. The number of anilines is 1. The highest BCUT2D eigenvalue weighted by atomic mass is 35.5. The minimum Gasteiger partial charge on any atom is -0.497 e. The fourth-order valence-corrected chi connectivity index (χ4v) is 3.68. The van der Waals surface area contributed by atoms with Crippen LogP contribution in [0.2, 0.25) is 5.02 Å². The summed E-state index contributed by atoms with van der Waals surface area (Å²) >= 11 is 11.4. The monoisotopic (exact) mass is 400 g/mol. The number of nitrogens with zero attached hydrogens (tertiary/aromatic N) is 1. The van der Waals surface area contributed by atoms with Gasteiger partial charge in [-0.05, 0) is 60.6 Å². The summed E-state index contributed by atoms with van der Waals surface area (Å²) in [5, 5.41) is 5.37. The number of hydrogen-bond donors (Lipinski definition) is 1. The summed E-state index contributed by atoms with van der Waals surface area (Å²) in [6.07, 6.45) is 0.714. The van der Waals surface area contributed by atoms with E-state index in [1.165, 1.54) is 0 Å². The molecule has 0 amide bonds. The van der Waals surface area contributed by atoms with Crippen molar-refractivity contribution in [1.82, 2.24) is 4.90 Å². The summed E-state index contributed by atoms with van der Waals surface area (Å²) < 4.78 is 10.7. The van der Waals surface area contributed by atoms with Gasteiger partial charge in [-0.1, -0.05) is 11.6 Å². The molecule has 0 aliphatic carbocycles. The Balaban J connectivity index is 1.61. The Morgan fingerprint density at radius 2 is 2.00 bits per heavy atom. The van der Waals surface area contributed by atoms with Crippen molar-refractivity contribution in [1.29, 1.82) is 0 Å². The highest BCUT2D eigenvalue weighted by molar-refractivity contribution is 7.80. The first kappa shape index (κ1) is 17.8. The van der Waals surface area contributed by atoms with Gasteiger partial charge in [0.25, 0.3) is 0 Å². The SMILES string of the molecule is COc1ccc2c3c(c(=O)oc2c1)CN(C(=S)Nc1ccc(Cl)cc1)CC3. The second kappa shape index (κ2) is 7.21. The molecule has 138 valence electrons. The molecule has 5 nitrogen and oxygen atoms in total. The van der Waals surface area contributed by atoms with E-state index in [2.05, 4.69) is 5.32 Å². The van der Waals surface area contributed by atoms with E-state index in [-0.39, 0.29) is 5.63 Å². The third-order valence-electron chi connectivity index (χ3n) is 4.69. The lowest BCUT2D eigenvalue weighted by atomic mass is 9.97. The van der Waals surface area contributed by atoms with Gasteiger partial charge in [-0.2, -0.15) is 0 Å². The zero-order valence-electron chi connectivity index (χ0n) is 14.6. The molecule has 7 heteroatoms. The van der Waals surface area contributed by atoms with E-state index in [9.17, 15) is 4.79 Å². The quantitative estimate of drug-likeness (QED) is 0.513. The van der Waals surface area contributed by atoms with Crippen LogP contribution in [-0.2, 0) is 13.0 Å². The van der Waals surface area contributed by atoms with Crippen LogP contribution in [0.15, 0.2) is 51.7 Å². The van der Waals surface area contributed by atoms with Crippen molar-refractivity contribution in [2.24, 2.45) is 0 Å². The molecule has 0 saturated carbocycles. The highest BCUT2D eigenvalue weighted by Crippen LogP contribution is 2.28. The van der Waals surface area contributed by atoms with Crippen LogP contribution >= 0.6 is 23.8 Å². The largest absolute Gasteiger partial charge is 0.497 e. The molecule has 0 bridgehead atoms. The van der Waals surface area contributed by atoms with E-state index in [1.807, 2.05) is 29.2 Å². The first-order valence-corrected chi connectivity index (χ1v) is 9.28. The lowest BCUT2D eigenvalue weighted by Gasteiger charge is -2.30. The molecule has 27 heavy (non-hydrogen) atoms. The van der Waals surface area contributed by atoms with Crippen LogP contribution in [0.25, 0.3) is 11.0 Å². The smallest absolute Gasteiger partial charge is 0.341 e. The molecule has 2 heterocycles. The number of benzene rings is 2. The molecule has 0 unspecified atom stereocenters. The fourth-order valence-electron chi connectivity index (χ4n) is 3.28. The van der Waals surface area contributed by atoms with Crippen molar-refractivity contribution in [3.8, 4) is 5.75 Å². The second-order valence-electron chi connectivity index (χ2n) is 6.32. The van der Waals surface area contributed by atoms with Crippen LogP contribution in [-0.4, -0.2) is 23.7 Å². The van der Waals surface area contributed by atoms with E-state index in [4.69, 9.17) is 33.0 Å². The molecule has 0 fully saturated rings. The van der Waals surface area contributed by atoms with Gasteiger partial charge in [0.1, 0.15) is 11.3 Å². The van der Waals surface area contributed by atoms with Crippen molar-refractivity contribution in [2.75, 3.05) is 19.0 Å². The normalized spacial score (nSPS) is 13.3. The number of ether oxygens (including phenoxy) is 1. The van der Waals surface area contributed by atoms with Crippen molar-refractivity contribution < 1.29 is 9.15 Å². The van der Waals surface area contributed by atoms with Crippen molar-refractivity contribution in [3.05, 3.63) is 69.0 Å². The molecule has 2 aromatic carbocycles. The van der Waals surface area contributed by atoms with Gasteiger partial charge in [-0.25, -0.2) is 4.79 Å². The Hall–Kier alpha value is -2.57. The van der Waals surface area contributed by atoms with Crippen molar-refractivity contribution in [3.63, 3.8) is 0 Å².